The van der Waals surface area contributed by atoms with Gasteiger partial charge in [-0.1, -0.05) is 0 Å². The molecular formula is C22H27N5O2S. The third-order valence-corrected chi connectivity index (χ3v) is 7.63. The highest BCUT2D eigenvalue weighted by Crippen LogP contribution is 2.45. The number of pyridine rings is 1. The number of nitrogens with zero attached hydrogens (tertiary/aromatic N) is 5. The molecule has 0 atom stereocenters. The number of anilines is 2. The van der Waals surface area contributed by atoms with Crippen molar-refractivity contribution in [1.82, 2.24) is 15.2 Å². The fourth-order valence-electron chi connectivity index (χ4n) is 4.99. The summed E-state index contributed by atoms with van der Waals surface area (Å²) in [7, 11) is 0. The maximum absolute atomic E-state index is 6.28. The van der Waals surface area contributed by atoms with Crippen LogP contribution in [0.15, 0.2) is 6.20 Å². The second-order valence-corrected chi connectivity index (χ2v) is 10.1. The van der Waals surface area contributed by atoms with Crippen molar-refractivity contribution in [3.05, 3.63) is 17.3 Å². The van der Waals surface area contributed by atoms with Gasteiger partial charge in [-0.3, -0.25) is 0 Å². The molecule has 2 saturated heterocycles. The number of hydrogen-bond donors (Lipinski definition) is 0. The lowest BCUT2D eigenvalue weighted by molar-refractivity contribution is -0.0393. The molecule has 3 aromatic heterocycles. The summed E-state index contributed by atoms with van der Waals surface area (Å²) >= 11 is 1.75. The molecule has 8 heteroatoms. The third kappa shape index (κ3) is 2.96. The Bertz CT molecular complexity index is 1120. The standard InChI is InChI=1S/C22H27N5O2S/c1-22(2)11-14-16(13-29-22)17-15-12-23-25-20(27-7-9-28-10-8-27)18(15)30-21(17)24-19(14)26-5-3-4-6-26/h12H,3-11,13H2,1-2H3. The largest absolute Gasteiger partial charge is 0.378 e. The summed E-state index contributed by atoms with van der Waals surface area (Å²) in [6.45, 7) is 10.4. The number of ether oxygens (including phenoxy) is 2. The van der Waals surface area contributed by atoms with Crippen LogP contribution in [0.4, 0.5) is 11.6 Å². The zero-order valence-corrected chi connectivity index (χ0v) is 18.4. The molecule has 158 valence electrons. The fourth-order valence-corrected chi connectivity index (χ4v) is 6.18. The van der Waals surface area contributed by atoms with E-state index in [1.165, 1.54) is 39.9 Å². The summed E-state index contributed by atoms with van der Waals surface area (Å²) < 4.78 is 13.0. The molecule has 3 aromatic rings. The molecule has 0 amide bonds. The van der Waals surface area contributed by atoms with Crippen molar-refractivity contribution >= 4 is 43.3 Å². The number of hydrogen-bond acceptors (Lipinski definition) is 8. The summed E-state index contributed by atoms with van der Waals surface area (Å²) in [4.78, 5) is 11.1. The first kappa shape index (κ1) is 18.7. The van der Waals surface area contributed by atoms with Crippen molar-refractivity contribution in [1.29, 1.82) is 0 Å². The summed E-state index contributed by atoms with van der Waals surface area (Å²) in [6.07, 6.45) is 5.30. The Hall–Kier alpha value is -2.03. The predicted molar refractivity (Wildman–Crippen MR) is 120 cm³/mol. The topological polar surface area (TPSA) is 63.6 Å². The van der Waals surface area contributed by atoms with E-state index in [4.69, 9.17) is 14.5 Å². The second kappa shape index (κ2) is 7.00. The van der Waals surface area contributed by atoms with Gasteiger partial charge in [-0.2, -0.15) is 5.10 Å². The van der Waals surface area contributed by atoms with Gasteiger partial charge in [0.15, 0.2) is 5.82 Å². The van der Waals surface area contributed by atoms with Gasteiger partial charge in [-0.05, 0) is 32.3 Å². The van der Waals surface area contributed by atoms with Gasteiger partial charge in [0.05, 0.1) is 36.3 Å². The lowest BCUT2D eigenvalue weighted by Gasteiger charge is -2.34. The molecule has 3 aliphatic heterocycles. The zero-order valence-electron chi connectivity index (χ0n) is 17.6. The molecule has 0 unspecified atom stereocenters. The normalized spacial score (nSPS) is 21.5. The van der Waals surface area contributed by atoms with Crippen LogP contribution in [-0.4, -0.2) is 60.2 Å². The van der Waals surface area contributed by atoms with E-state index in [9.17, 15) is 0 Å². The minimum absolute atomic E-state index is 0.165. The summed E-state index contributed by atoms with van der Waals surface area (Å²) in [5.74, 6) is 2.14. The van der Waals surface area contributed by atoms with Gasteiger partial charge >= 0.3 is 0 Å². The number of morpholine rings is 1. The molecule has 0 radical (unpaired) electrons. The average Bonchev–Trinajstić information content (AvgIpc) is 3.40. The third-order valence-electron chi connectivity index (χ3n) is 6.54. The Morgan fingerprint density at radius 3 is 2.57 bits per heavy atom. The van der Waals surface area contributed by atoms with Crippen LogP contribution in [-0.2, 0) is 22.5 Å². The molecule has 7 nitrogen and oxygen atoms in total. The lowest BCUT2D eigenvalue weighted by atomic mass is 9.90. The monoisotopic (exact) mass is 425 g/mol. The summed E-state index contributed by atoms with van der Waals surface area (Å²) in [5.41, 5.74) is 2.50. The summed E-state index contributed by atoms with van der Waals surface area (Å²) in [6, 6.07) is 0. The molecule has 6 heterocycles. The van der Waals surface area contributed by atoms with Crippen LogP contribution >= 0.6 is 11.3 Å². The molecule has 0 aromatic carbocycles. The van der Waals surface area contributed by atoms with Gasteiger partial charge in [-0.25, -0.2) is 4.98 Å². The van der Waals surface area contributed by atoms with Gasteiger partial charge in [0, 0.05) is 48.9 Å². The van der Waals surface area contributed by atoms with Crippen molar-refractivity contribution < 1.29 is 9.47 Å². The smallest absolute Gasteiger partial charge is 0.169 e. The second-order valence-electron chi connectivity index (χ2n) is 9.10. The predicted octanol–water partition coefficient (Wildman–Crippen LogP) is 3.53. The van der Waals surface area contributed by atoms with E-state index in [0.29, 0.717) is 6.61 Å². The molecule has 0 N–H and O–H groups in total. The van der Waals surface area contributed by atoms with Gasteiger partial charge in [0.25, 0.3) is 0 Å². The van der Waals surface area contributed by atoms with E-state index in [0.717, 1.165) is 61.8 Å². The minimum atomic E-state index is -0.165. The SMILES string of the molecule is CC1(C)Cc2c(N3CCCC3)nc3sc4c(N5CCOCC5)nncc4c3c2CO1. The van der Waals surface area contributed by atoms with E-state index >= 15 is 0 Å². The van der Waals surface area contributed by atoms with Crippen LogP contribution in [0, 0.1) is 0 Å². The Labute approximate surface area is 180 Å². The molecule has 6 rings (SSSR count). The van der Waals surface area contributed by atoms with Crippen LogP contribution in [0.3, 0.4) is 0 Å². The Morgan fingerprint density at radius 2 is 1.77 bits per heavy atom. The molecule has 2 fully saturated rings. The van der Waals surface area contributed by atoms with Gasteiger partial charge in [0.2, 0.25) is 0 Å². The van der Waals surface area contributed by atoms with E-state index in [2.05, 4.69) is 33.8 Å². The maximum atomic E-state index is 6.28. The van der Waals surface area contributed by atoms with Crippen molar-refractivity contribution in [2.45, 2.75) is 45.3 Å². The van der Waals surface area contributed by atoms with Crippen molar-refractivity contribution in [3.8, 4) is 0 Å². The van der Waals surface area contributed by atoms with E-state index < -0.39 is 0 Å². The molecule has 0 bridgehead atoms. The minimum Gasteiger partial charge on any atom is -0.378 e. The first-order valence-corrected chi connectivity index (χ1v) is 11.7. The number of fused-ring (bicyclic) bond motifs is 5. The van der Waals surface area contributed by atoms with Crippen LogP contribution in [0.1, 0.15) is 37.8 Å². The molecule has 30 heavy (non-hydrogen) atoms. The van der Waals surface area contributed by atoms with Crippen LogP contribution in [0.5, 0.6) is 0 Å². The molecule has 0 aliphatic carbocycles. The molecule has 0 saturated carbocycles. The van der Waals surface area contributed by atoms with Crippen molar-refractivity contribution in [2.24, 2.45) is 0 Å². The Balaban J connectivity index is 1.59. The molecular weight excluding hydrogens is 398 g/mol. The number of rotatable bonds is 2. The average molecular weight is 426 g/mol. The number of thiophene rings is 1. The van der Waals surface area contributed by atoms with Gasteiger partial charge in [0.1, 0.15) is 10.6 Å². The van der Waals surface area contributed by atoms with Crippen LogP contribution < -0.4 is 9.80 Å². The zero-order chi connectivity index (χ0) is 20.3. The van der Waals surface area contributed by atoms with Gasteiger partial charge in [-0.15, -0.1) is 16.4 Å². The summed E-state index contributed by atoms with van der Waals surface area (Å²) in [5, 5.41) is 11.3. The first-order chi connectivity index (χ1) is 14.6. The van der Waals surface area contributed by atoms with E-state index in [1.807, 2.05) is 6.20 Å². The van der Waals surface area contributed by atoms with Crippen LogP contribution in [0.25, 0.3) is 20.3 Å². The Morgan fingerprint density at radius 1 is 1.00 bits per heavy atom. The molecule has 3 aliphatic rings. The highest BCUT2D eigenvalue weighted by Gasteiger charge is 2.33. The Kier molecular flexibility index (Phi) is 4.37. The van der Waals surface area contributed by atoms with Crippen molar-refractivity contribution in [2.75, 3.05) is 49.2 Å². The highest BCUT2D eigenvalue weighted by molar-refractivity contribution is 7.26. The van der Waals surface area contributed by atoms with Crippen molar-refractivity contribution in [3.63, 3.8) is 0 Å². The maximum Gasteiger partial charge on any atom is 0.169 e. The van der Waals surface area contributed by atoms with E-state index in [-0.39, 0.29) is 5.60 Å². The first-order valence-electron chi connectivity index (χ1n) is 10.9. The quantitative estimate of drug-likeness (QED) is 0.622. The molecule has 0 spiro atoms. The van der Waals surface area contributed by atoms with Crippen LogP contribution in [0.2, 0.25) is 0 Å². The number of aromatic nitrogens is 3. The fraction of sp³-hybridized carbons (Fsp3) is 0.591. The van der Waals surface area contributed by atoms with Gasteiger partial charge < -0.3 is 19.3 Å². The van der Waals surface area contributed by atoms with E-state index in [1.54, 1.807) is 11.3 Å². The highest BCUT2D eigenvalue weighted by atomic mass is 32.1. The lowest BCUT2D eigenvalue weighted by Crippen LogP contribution is -2.36.